The second-order valence-corrected chi connectivity index (χ2v) is 3.13. The Morgan fingerprint density at radius 3 is 2.83 bits per heavy atom. The van der Waals surface area contributed by atoms with Gasteiger partial charge >= 0.3 is 0 Å². The summed E-state index contributed by atoms with van der Waals surface area (Å²) in [6.07, 6.45) is 3.44. The van der Waals surface area contributed by atoms with Crippen molar-refractivity contribution in [2.45, 2.75) is 5.75 Å². The number of pyridine rings is 1. The van der Waals surface area contributed by atoms with Crippen LogP contribution in [0.3, 0.4) is 0 Å². The third-order valence-electron chi connectivity index (χ3n) is 1.32. The van der Waals surface area contributed by atoms with Gasteiger partial charge in [0.1, 0.15) is 0 Å². The van der Waals surface area contributed by atoms with E-state index in [1.165, 1.54) is 11.8 Å². The molecule has 12 heavy (non-hydrogen) atoms. The van der Waals surface area contributed by atoms with E-state index in [4.69, 9.17) is 0 Å². The van der Waals surface area contributed by atoms with Crippen LogP contribution < -0.4 is 5.32 Å². The molecule has 3 nitrogen and oxygen atoms in total. The number of nitrogens with one attached hydrogen (secondary N) is 1. The van der Waals surface area contributed by atoms with Crippen LogP contribution in [-0.2, 0) is 5.75 Å². The molecule has 0 bridgehead atoms. The quantitative estimate of drug-likeness (QED) is 0.756. The first-order chi connectivity index (χ1) is 5.83. The molecule has 4 heteroatoms. The van der Waals surface area contributed by atoms with Crippen molar-refractivity contribution in [3.8, 4) is 0 Å². The molecule has 0 spiro atoms. The fraction of sp³-hybridized carbons (Fsp3) is 0.250. The molecule has 1 rings (SSSR count). The molecule has 0 saturated carbocycles. The van der Waals surface area contributed by atoms with E-state index in [-0.39, 0.29) is 5.24 Å². The lowest BCUT2D eigenvalue weighted by Gasteiger charge is -1.98. The van der Waals surface area contributed by atoms with Crippen molar-refractivity contribution in [3.63, 3.8) is 0 Å². The van der Waals surface area contributed by atoms with E-state index in [9.17, 15) is 4.79 Å². The second kappa shape index (κ2) is 4.77. The van der Waals surface area contributed by atoms with Gasteiger partial charge in [-0.1, -0.05) is 11.8 Å². The van der Waals surface area contributed by atoms with E-state index in [1.807, 2.05) is 12.1 Å². The van der Waals surface area contributed by atoms with Crippen LogP contribution in [-0.4, -0.2) is 17.3 Å². The summed E-state index contributed by atoms with van der Waals surface area (Å²) in [6, 6.07) is 3.80. The highest BCUT2D eigenvalue weighted by Gasteiger charge is 1.98. The zero-order valence-corrected chi connectivity index (χ0v) is 7.60. The van der Waals surface area contributed by atoms with Crippen molar-refractivity contribution in [1.82, 2.24) is 10.3 Å². The molecule has 1 aromatic rings. The van der Waals surface area contributed by atoms with Crippen molar-refractivity contribution < 1.29 is 4.79 Å². The highest BCUT2D eigenvalue weighted by atomic mass is 32.2. The molecule has 1 heterocycles. The Morgan fingerprint density at radius 1 is 1.58 bits per heavy atom. The van der Waals surface area contributed by atoms with Crippen molar-refractivity contribution >= 4 is 17.0 Å². The average molecular weight is 182 g/mol. The van der Waals surface area contributed by atoms with Crippen molar-refractivity contribution in [1.29, 1.82) is 0 Å². The zero-order chi connectivity index (χ0) is 8.81. The van der Waals surface area contributed by atoms with Gasteiger partial charge < -0.3 is 5.32 Å². The van der Waals surface area contributed by atoms with Crippen molar-refractivity contribution in [3.05, 3.63) is 30.1 Å². The molecule has 0 unspecified atom stereocenters. The lowest BCUT2D eigenvalue weighted by atomic mass is 10.3. The van der Waals surface area contributed by atoms with Crippen LogP contribution in [0.2, 0.25) is 0 Å². The SMILES string of the molecule is CNC(=O)SCc1ccncc1. The zero-order valence-electron chi connectivity index (χ0n) is 6.78. The third kappa shape index (κ3) is 2.92. The summed E-state index contributed by atoms with van der Waals surface area (Å²) in [5.41, 5.74) is 1.11. The molecule has 0 fully saturated rings. The predicted molar refractivity (Wildman–Crippen MR) is 50.0 cm³/mol. The number of nitrogens with zero attached hydrogens (tertiary/aromatic N) is 1. The summed E-state index contributed by atoms with van der Waals surface area (Å²) in [5, 5.41) is 2.54. The molecule has 0 aliphatic carbocycles. The Bertz CT molecular complexity index is 250. The molecular weight excluding hydrogens is 172 g/mol. The summed E-state index contributed by atoms with van der Waals surface area (Å²) in [5.74, 6) is 0.697. The van der Waals surface area contributed by atoms with Gasteiger partial charge in [-0.3, -0.25) is 9.78 Å². The minimum atomic E-state index is -0.00758. The number of carbonyl (C=O) groups excluding carboxylic acids is 1. The summed E-state index contributed by atoms with van der Waals surface area (Å²) < 4.78 is 0. The van der Waals surface area contributed by atoms with Crippen LogP contribution in [0, 0.1) is 0 Å². The van der Waals surface area contributed by atoms with Crippen LogP contribution in [0.25, 0.3) is 0 Å². The Morgan fingerprint density at radius 2 is 2.25 bits per heavy atom. The molecule has 1 aromatic heterocycles. The maximum absolute atomic E-state index is 10.8. The topological polar surface area (TPSA) is 42.0 Å². The van der Waals surface area contributed by atoms with Gasteiger partial charge in [-0.2, -0.15) is 0 Å². The predicted octanol–water partition coefficient (Wildman–Crippen LogP) is 1.65. The summed E-state index contributed by atoms with van der Waals surface area (Å²) in [4.78, 5) is 14.7. The van der Waals surface area contributed by atoms with Crippen LogP contribution in [0.5, 0.6) is 0 Å². The number of thioether (sulfide) groups is 1. The Balaban J connectivity index is 2.38. The van der Waals surface area contributed by atoms with E-state index in [2.05, 4.69) is 10.3 Å². The lowest BCUT2D eigenvalue weighted by molar-refractivity contribution is 0.262. The van der Waals surface area contributed by atoms with Gasteiger partial charge in [0.2, 0.25) is 0 Å². The number of amides is 1. The van der Waals surface area contributed by atoms with E-state index < -0.39 is 0 Å². The minimum Gasteiger partial charge on any atom is -0.350 e. The van der Waals surface area contributed by atoms with Gasteiger partial charge in [-0.15, -0.1) is 0 Å². The number of carbonyl (C=O) groups is 1. The molecular formula is C8H10N2OS. The fourth-order valence-electron chi connectivity index (χ4n) is 0.700. The summed E-state index contributed by atoms with van der Waals surface area (Å²) in [7, 11) is 1.63. The largest absolute Gasteiger partial charge is 0.350 e. The minimum absolute atomic E-state index is 0.00758. The molecule has 0 radical (unpaired) electrons. The number of hydrogen-bond donors (Lipinski definition) is 1. The normalized spacial score (nSPS) is 9.42. The summed E-state index contributed by atoms with van der Waals surface area (Å²) >= 11 is 1.25. The first-order valence-electron chi connectivity index (χ1n) is 3.56. The molecule has 0 aliphatic rings. The van der Waals surface area contributed by atoms with E-state index in [1.54, 1.807) is 19.4 Å². The number of hydrogen-bond acceptors (Lipinski definition) is 3. The maximum atomic E-state index is 10.8. The lowest BCUT2D eigenvalue weighted by Crippen LogP contribution is -2.11. The maximum Gasteiger partial charge on any atom is 0.279 e. The standard InChI is InChI=1S/C8H10N2OS/c1-9-8(11)12-6-7-2-4-10-5-3-7/h2-5H,6H2,1H3,(H,9,11). The Kier molecular flexibility index (Phi) is 3.60. The molecule has 0 aliphatic heterocycles. The van der Waals surface area contributed by atoms with Crippen molar-refractivity contribution in [2.24, 2.45) is 0 Å². The van der Waals surface area contributed by atoms with E-state index >= 15 is 0 Å². The molecule has 0 aromatic carbocycles. The second-order valence-electron chi connectivity index (χ2n) is 2.18. The van der Waals surface area contributed by atoms with Gasteiger partial charge in [0, 0.05) is 25.2 Å². The highest BCUT2D eigenvalue weighted by molar-refractivity contribution is 8.12. The van der Waals surface area contributed by atoms with Crippen LogP contribution in [0.1, 0.15) is 5.56 Å². The first-order valence-corrected chi connectivity index (χ1v) is 4.55. The van der Waals surface area contributed by atoms with E-state index in [0.29, 0.717) is 5.75 Å². The van der Waals surface area contributed by atoms with Crippen LogP contribution in [0.15, 0.2) is 24.5 Å². The van der Waals surface area contributed by atoms with Gasteiger partial charge in [-0.05, 0) is 17.7 Å². The smallest absolute Gasteiger partial charge is 0.279 e. The average Bonchev–Trinajstić information content (AvgIpc) is 2.16. The highest BCUT2D eigenvalue weighted by Crippen LogP contribution is 2.10. The molecule has 1 N–H and O–H groups in total. The third-order valence-corrected chi connectivity index (χ3v) is 2.27. The summed E-state index contributed by atoms with van der Waals surface area (Å²) in [6.45, 7) is 0. The monoisotopic (exact) mass is 182 g/mol. The molecule has 0 saturated heterocycles. The molecule has 64 valence electrons. The number of aromatic nitrogens is 1. The number of rotatable bonds is 2. The first kappa shape index (κ1) is 9.06. The molecule has 0 atom stereocenters. The van der Waals surface area contributed by atoms with Gasteiger partial charge in [0.25, 0.3) is 5.24 Å². The van der Waals surface area contributed by atoms with Gasteiger partial charge in [0.15, 0.2) is 0 Å². The van der Waals surface area contributed by atoms with Crippen molar-refractivity contribution in [2.75, 3.05) is 7.05 Å². The van der Waals surface area contributed by atoms with Crippen LogP contribution in [0.4, 0.5) is 4.79 Å². The van der Waals surface area contributed by atoms with Gasteiger partial charge in [-0.25, -0.2) is 0 Å². The Labute approximate surface area is 75.6 Å². The molecule has 1 amide bonds. The van der Waals surface area contributed by atoms with E-state index in [0.717, 1.165) is 5.56 Å². The fourth-order valence-corrected chi connectivity index (χ4v) is 1.33. The van der Waals surface area contributed by atoms with Crippen LogP contribution >= 0.6 is 11.8 Å². The Hall–Kier alpha value is -1.03. The van der Waals surface area contributed by atoms with Gasteiger partial charge in [0.05, 0.1) is 0 Å².